The Labute approximate surface area is 210 Å². The summed E-state index contributed by atoms with van der Waals surface area (Å²) < 4.78 is 0. The van der Waals surface area contributed by atoms with Crippen LogP contribution in [0, 0.1) is 0 Å². The lowest BCUT2D eigenvalue weighted by molar-refractivity contribution is -0.140. The Morgan fingerprint density at radius 1 is 1.03 bits per heavy atom. The van der Waals surface area contributed by atoms with Crippen LogP contribution in [0.25, 0.3) is 0 Å². The number of amides is 2. The third-order valence-electron chi connectivity index (χ3n) is 5.18. The van der Waals surface area contributed by atoms with Gasteiger partial charge in [-0.25, -0.2) is 0 Å². The SMILES string of the molecule is CC[C@H](C)NC(=O)[C@@H](C)N(Cc1c(Cl)cccc1Cl)C(=O)CCCSc1ccc(Cl)cc1. The maximum atomic E-state index is 13.2. The van der Waals surface area contributed by atoms with Gasteiger partial charge in [-0.3, -0.25) is 9.59 Å². The van der Waals surface area contributed by atoms with E-state index in [4.69, 9.17) is 34.8 Å². The van der Waals surface area contributed by atoms with Crippen molar-refractivity contribution in [3.05, 3.63) is 63.1 Å². The Bertz CT molecular complexity index is 888. The van der Waals surface area contributed by atoms with Crippen LogP contribution in [0.3, 0.4) is 0 Å². The first-order valence-electron chi connectivity index (χ1n) is 10.6. The zero-order valence-electron chi connectivity index (χ0n) is 18.5. The van der Waals surface area contributed by atoms with Crippen LogP contribution in [-0.2, 0) is 16.1 Å². The zero-order chi connectivity index (χ0) is 23.7. The molecule has 0 heterocycles. The predicted octanol–water partition coefficient (Wildman–Crippen LogP) is 6.85. The van der Waals surface area contributed by atoms with Gasteiger partial charge in [0, 0.05) is 44.5 Å². The number of rotatable bonds is 11. The van der Waals surface area contributed by atoms with Gasteiger partial charge in [0.2, 0.25) is 11.8 Å². The fraction of sp³-hybridized carbons (Fsp3) is 0.417. The van der Waals surface area contributed by atoms with Crippen LogP contribution >= 0.6 is 46.6 Å². The Kier molecular flexibility index (Phi) is 11.2. The second-order valence-electron chi connectivity index (χ2n) is 7.62. The quantitative estimate of drug-likeness (QED) is 0.263. The van der Waals surface area contributed by atoms with Crippen LogP contribution in [-0.4, -0.2) is 34.6 Å². The average Bonchev–Trinajstić information content (AvgIpc) is 2.77. The lowest BCUT2D eigenvalue weighted by Gasteiger charge is -2.30. The maximum absolute atomic E-state index is 13.2. The number of halogens is 3. The standard InChI is InChI=1S/C24H29Cl3N2O2S/c1-4-16(2)28-24(31)17(3)29(15-20-21(26)7-5-8-22(20)27)23(30)9-6-14-32-19-12-10-18(25)11-13-19/h5,7-8,10-13,16-17H,4,6,9,14-15H2,1-3H3,(H,28,31)/t16-,17+/m0/s1. The van der Waals surface area contributed by atoms with Crippen molar-refractivity contribution in [2.45, 2.75) is 63.6 Å². The summed E-state index contributed by atoms with van der Waals surface area (Å²) in [4.78, 5) is 28.6. The van der Waals surface area contributed by atoms with Gasteiger partial charge in [0.1, 0.15) is 6.04 Å². The van der Waals surface area contributed by atoms with Crippen LogP contribution in [0.1, 0.15) is 45.6 Å². The highest BCUT2D eigenvalue weighted by Gasteiger charge is 2.27. The molecule has 8 heteroatoms. The monoisotopic (exact) mass is 514 g/mol. The molecule has 0 radical (unpaired) electrons. The van der Waals surface area contributed by atoms with Crippen LogP contribution in [0.2, 0.25) is 15.1 Å². The molecule has 0 aromatic heterocycles. The molecule has 0 unspecified atom stereocenters. The molecular formula is C24H29Cl3N2O2S. The summed E-state index contributed by atoms with van der Waals surface area (Å²) in [6.07, 6.45) is 1.81. The molecule has 0 bridgehead atoms. The van der Waals surface area contributed by atoms with Gasteiger partial charge >= 0.3 is 0 Å². The van der Waals surface area contributed by atoms with Gasteiger partial charge in [0.15, 0.2) is 0 Å². The molecule has 0 spiro atoms. The lowest BCUT2D eigenvalue weighted by atomic mass is 10.1. The third-order valence-corrected chi connectivity index (χ3v) is 7.23. The molecule has 2 aromatic carbocycles. The number of hydrogen-bond acceptors (Lipinski definition) is 3. The molecule has 174 valence electrons. The maximum Gasteiger partial charge on any atom is 0.242 e. The molecule has 0 aliphatic heterocycles. The first kappa shape index (κ1) is 26.8. The van der Waals surface area contributed by atoms with E-state index in [9.17, 15) is 9.59 Å². The highest BCUT2D eigenvalue weighted by atomic mass is 35.5. The summed E-state index contributed by atoms with van der Waals surface area (Å²) in [5.41, 5.74) is 0.642. The van der Waals surface area contributed by atoms with Crippen molar-refractivity contribution in [2.75, 3.05) is 5.75 Å². The van der Waals surface area contributed by atoms with E-state index in [1.807, 2.05) is 38.1 Å². The van der Waals surface area contributed by atoms with E-state index in [2.05, 4.69) is 5.32 Å². The molecule has 32 heavy (non-hydrogen) atoms. The van der Waals surface area contributed by atoms with Crippen molar-refractivity contribution in [1.29, 1.82) is 0 Å². The molecule has 0 fully saturated rings. The van der Waals surface area contributed by atoms with Crippen molar-refractivity contribution in [3.8, 4) is 0 Å². The molecule has 0 saturated carbocycles. The van der Waals surface area contributed by atoms with Gasteiger partial charge in [-0.2, -0.15) is 0 Å². The Balaban J connectivity index is 2.07. The van der Waals surface area contributed by atoms with Crippen molar-refractivity contribution in [3.63, 3.8) is 0 Å². The molecule has 2 amide bonds. The molecule has 0 aliphatic carbocycles. The minimum Gasteiger partial charge on any atom is -0.352 e. The van der Waals surface area contributed by atoms with Gasteiger partial charge in [0.25, 0.3) is 0 Å². The second-order valence-corrected chi connectivity index (χ2v) is 10.0. The minimum absolute atomic E-state index is 0.0292. The van der Waals surface area contributed by atoms with E-state index in [-0.39, 0.29) is 24.4 Å². The van der Waals surface area contributed by atoms with Gasteiger partial charge in [-0.15, -0.1) is 11.8 Å². The summed E-state index contributed by atoms with van der Waals surface area (Å²) in [5, 5.41) is 4.61. The largest absolute Gasteiger partial charge is 0.352 e. The van der Waals surface area contributed by atoms with Gasteiger partial charge in [-0.1, -0.05) is 47.8 Å². The highest BCUT2D eigenvalue weighted by molar-refractivity contribution is 7.99. The summed E-state index contributed by atoms with van der Waals surface area (Å²) in [7, 11) is 0. The van der Waals surface area contributed by atoms with Gasteiger partial charge < -0.3 is 10.2 Å². The second kappa shape index (κ2) is 13.3. The molecule has 1 N–H and O–H groups in total. The molecule has 0 aliphatic rings. The number of nitrogens with one attached hydrogen (secondary N) is 1. The molecular weight excluding hydrogens is 487 g/mol. The van der Waals surface area contributed by atoms with Gasteiger partial charge in [-0.05, 0) is 68.8 Å². The Hall–Kier alpha value is -1.40. The Morgan fingerprint density at radius 2 is 1.66 bits per heavy atom. The van der Waals surface area contributed by atoms with Crippen LogP contribution in [0.15, 0.2) is 47.4 Å². The van der Waals surface area contributed by atoms with E-state index in [1.165, 1.54) is 0 Å². The fourth-order valence-corrected chi connectivity index (χ4v) is 4.49. The Morgan fingerprint density at radius 3 is 2.25 bits per heavy atom. The number of nitrogens with zero attached hydrogens (tertiary/aromatic N) is 1. The van der Waals surface area contributed by atoms with E-state index < -0.39 is 6.04 Å². The van der Waals surface area contributed by atoms with Crippen molar-refractivity contribution < 1.29 is 9.59 Å². The van der Waals surface area contributed by atoms with Crippen molar-refractivity contribution in [1.82, 2.24) is 10.2 Å². The third kappa shape index (κ3) is 8.18. The smallest absolute Gasteiger partial charge is 0.242 e. The van der Waals surface area contributed by atoms with Crippen molar-refractivity contribution in [2.24, 2.45) is 0 Å². The molecule has 4 nitrogen and oxygen atoms in total. The first-order chi connectivity index (χ1) is 15.2. The average molecular weight is 516 g/mol. The van der Waals surface area contributed by atoms with E-state index in [0.717, 1.165) is 17.1 Å². The van der Waals surface area contributed by atoms with Crippen LogP contribution < -0.4 is 5.32 Å². The normalized spacial score (nSPS) is 12.8. The topological polar surface area (TPSA) is 49.4 Å². The van der Waals surface area contributed by atoms with Crippen LogP contribution in [0.5, 0.6) is 0 Å². The number of thioether (sulfide) groups is 1. The van der Waals surface area contributed by atoms with E-state index in [1.54, 1.807) is 41.8 Å². The summed E-state index contributed by atoms with van der Waals surface area (Å²) in [6.45, 7) is 5.86. The fourth-order valence-electron chi connectivity index (χ4n) is 2.99. The predicted molar refractivity (Wildman–Crippen MR) is 136 cm³/mol. The van der Waals surface area contributed by atoms with E-state index >= 15 is 0 Å². The molecule has 2 aromatic rings. The highest BCUT2D eigenvalue weighted by Crippen LogP contribution is 2.27. The summed E-state index contributed by atoms with van der Waals surface area (Å²) in [5.74, 6) is 0.484. The lowest BCUT2D eigenvalue weighted by Crippen LogP contribution is -2.49. The van der Waals surface area contributed by atoms with E-state index in [0.29, 0.717) is 33.5 Å². The van der Waals surface area contributed by atoms with Crippen LogP contribution in [0.4, 0.5) is 0 Å². The van der Waals surface area contributed by atoms with Crippen molar-refractivity contribution >= 4 is 58.4 Å². The molecule has 0 saturated heterocycles. The number of hydrogen-bond donors (Lipinski definition) is 1. The minimum atomic E-state index is -0.646. The summed E-state index contributed by atoms with van der Waals surface area (Å²) >= 11 is 20.3. The summed E-state index contributed by atoms with van der Waals surface area (Å²) in [6, 6.07) is 12.2. The first-order valence-corrected chi connectivity index (χ1v) is 12.8. The zero-order valence-corrected chi connectivity index (χ0v) is 21.6. The van der Waals surface area contributed by atoms with Gasteiger partial charge in [0.05, 0.1) is 0 Å². The number of benzene rings is 2. The molecule has 2 rings (SSSR count). The number of carbonyl (C=O) groups is 2. The molecule has 2 atom stereocenters. The number of carbonyl (C=O) groups excluding carboxylic acids is 2.